The molecule has 3 heterocycles. The zero-order valence-corrected chi connectivity index (χ0v) is 13.3. The normalized spacial score (nSPS) is 20.9. The van der Waals surface area contributed by atoms with Crippen LogP contribution >= 0.6 is 15.9 Å². The molecule has 0 aliphatic carbocycles. The first-order valence-electron chi connectivity index (χ1n) is 6.85. The highest BCUT2D eigenvalue weighted by Gasteiger charge is 2.28. The van der Waals surface area contributed by atoms with Crippen molar-refractivity contribution in [3.05, 3.63) is 17.0 Å². The maximum absolute atomic E-state index is 9.89. The smallest absolute Gasteiger partial charge is 0.211 e. The van der Waals surface area contributed by atoms with Gasteiger partial charge in [0.15, 0.2) is 12.1 Å². The molecule has 114 valence electrons. The molecule has 0 saturated carbocycles. The summed E-state index contributed by atoms with van der Waals surface area (Å²) >= 11 is 3.44. The number of nitrogen functional groups attached to an aromatic ring is 1. The number of piperidine rings is 1. The molecule has 0 spiro atoms. The lowest BCUT2D eigenvalue weighted by Crippen LogP contribution is -2.41. The van der Waals surface area contributed by atoms with Crippen molar-refractivity contribution in [2.24, 2.45) is 5.92 Å². The summed E-state index contributed by atoms with van der Waals surface area (Å²) in [5.74, 6) is 1.32. The second-order valence-electron chi connectivity index (χ2n) is 5.21. The van der Waals surface area contributed by atoms with Crippen molar-refractivity contribution in [1.29, 1.82) is 0 Å². The van der Waals surface area contributed by atoms with Gasteiger partial charge in [0.2, 0.25) is 5.95 Å². The number of nitrogens with zero attached hydrogens (tertiary/aromatic N) is 4. The number of nitrogens with two attached hydrogens (primary N) is 1. The van der Waals surface area contributed by atoms with Gasteiger partial charge in [-0.1, -0.05) is 0 Å². The van der Waals surface area contributed by atoms with Gasteiger partial charge in [0.05, 0.1) is 0 Å². The van der Waals surface area contributed by atoms with Crippen molar-refractivity contribution >= 4 is 33.2 Å². The molecule has 21 heavy (non-hydrogen) atoms. The van der Waals surface area contributed by atoms with Crippen LogP contribution in [-0.4, -0.2) is 46.0 Å². The maximum atomic E-state index is 9.89. The molecule has 1 aliphatic heterocycles. The van der Waals surface area contributed by atoms with Crippen LogP contribution in [-0.2, 0) is 4.74 Å². The largest absolute Gasteiger partial charge is 0.382 e. The number of aromatic nitrogens is 3. The van der Waals surface area contributed by atoms with Crippen molar-refractivity contribution in [3.8, 4) is 0 Å². The van der Waals surface area contributed by atoms with E-state index in [2.05, 4.69) is 30.8 Å². The molecule has 0 bridgehead atoms. The van der Waals surface area contributed by atoms with Gasteiger partial charge in [0.1, 0.15) is 10.1 Å². The molecular weight excluding hydrogens is 338 g/mol. The molecule has 1 fully saturated rings. The van der Waals surface area contributed by atoms with Gasteiger partial charge < -0.3 is 20.5 Å². The quantitative estimate of drug-likeness (QED) is 0.805. The lowest BCUT2D eigenvalue weighted by Gasteiger charge is -2.34. The van der Waals surface area contributed by atoms with Crippen molar-refractivity contribution in [2.45, 2.75) is 19.1 Å². The molecular formula is C13H18BrN5O2. The third-order valence-corrected chi connectivity index (χ3v) is 4.46. The minimum Gasteiger partial charge on any atom is -0.382 e. The van der Waals surface area contributed by atoms with E-state index in [0.29, 0.717) is 17.0 Å². The predicted octanol–water partition coefficient (Wildman–Crippen LogP) is 1.26. The number of anilines is 2. The lowest BCUT2D eigenvalue weighted by atomic mass is 9.98. The molecule has 3 rings (SSSR count). The van der Waals surface area contributed by atoms with Gasteiger partial charge in [-0.25, -0.2) is 9.97 Å². The van der Waals surface area contributed by atoms with E-state index in [0.717, 1.165) is 30.9 Å². The Labute approximate surface area is 130 Å². The van der Waals surface area contributed by atoms with Gasteiger partial charge in [-0.3, -0.25) is 4.40 Å². The van der Waals surface area contributed by atoms with E-state index in [4.69, 9.17) is 10.5 Å². The van der Waals surface area contributed by atoms with Gasteiger partial charge >= 0.3 is 0 Å². The van der Waals surface area contributed by atoms with Gasteiger partial charge in [0, 0.05) is 38.5 Å². The Bertz CT molecular complexity index is 647. The molecule has 7 nitrogen and oxygen atoms in total. The fourth-order valence-electron chi connectivity index (χ4n) is 2.85. The molecule has 3 N–H and O–H groups in total. The number of aliphatic hydroxyl groups is 1. The van der Waals surface area contributed by atoms with Crippen molar-refractivity contribution < 1.29 is 9.84 Å². The van der Waals surface area contributed by atoms with Crippen molar-refractivity contribution in [1.82, 2.24) is 14.4 Å². The summed E-state index contributed by atoms with van der Waals surface area (Å²) in [4.78, 5) is 10.8. The molecule has 2 atom stereocenters. The summed E-state index contributed by atoms with van der Waals surface area (Å²) in [7, 11) is 1.53. The van der Waals surface area contributed by atoms with Crippen LogP contribution in [0.25, 0.3) is 5.52 Å². The second kappa shape index (κ2) is 5.78. The Morgan fingerprint density at radius 3 is 3.14 bits per heavy atom. The van der Waals surface area contributed by atoms with E-state index in [1.807, 2.05) is 10.6 Å². The number of imidazole rings is 1. The molecule has 1 unspecified atom stereocenters. The predicted molar refractivity (Wildman–Crippen MR) is 83.1 cm³/mol. The van der Waals surface area contributed by atoms with Gasteiger partial charge in [-0.05, 0) is 28.8 Å². The molecule has 8 heteroatoms. The topological polar surface area (TPSA) is 88.9 Å². The third-order valence-electron chi connectivity index (χ3n) is 3.91. The number of methoxy groups -OCH3 is 1. The van der Waals surface area contributed by atoms with Crippen LogP contribution in [0.2, 0.25) is 0 Å². The number of ether oxygens (including phenoxy) is 1. The van der Waals surface area contributed by atoms with E-state index < -0.39 is 6.29 Å². The number of aliphatic hydroxyl groups excluding tert-OH is 1. The summed E-state index contributed by atoms with van der Waals surface area (Å²) in [6.45, 7) is 1.59. The average Bonchev–Trinajstić information content (AvgIpc) is 2.85. The Kier molecular flexibility index (Phi) is 4.01. The zero-order chi connectivity index (χ0) is 15.0. The summed E-state index contributed by atoms with van der Waals surface area (Å²) in [5.41, 5.74) is 6.68. The number of fused-ring (bicyclic) bond motifs is 1. The highest BCUT2D eigenvalue weighted by Crippen LogP contribution is 2.30. The van der Waals surface area contributed by atoms with Crippen LogP contribution in [0.3, 0.4) is 0 Å². The van der Waals surface area contributed by atoms with Crippen LogP contribution in [0.5, 0.6) is 0 Å². The Hall–Kier alpha value is -1.38. The van der Waals surface area contributed by atoms with E-state index in [9.17, 15) is 5.11 Å². The molecule has 0 radical (unpaired) electrons. The zero-order valence-electron chi connectivity index (χ0n) is 11.7. The first-order chi connectivity index (χ1) is 10.1. The summed E-state index contributed by atoms with van der Waals surface area (Å²) < 4.78 is 7.65. The average molecular weight is 356 g/mol. The standard InChI is InChI=1S/C13H18BrN5O2/c1-21-12(20)8-3-2-5-18(7-8)13-17-10(14)9-11(15)16-4-6-19(9)13/h4,6,8,12,20H,2-3,5,7H2,1H3,(H2,15,16)/t8-,12?/m0/s1. The second-order valence-corrected chi connectivity index (χ2v) is 5.96. The van der Waals surface area contributed by atoms with Crippen LogP contribution in [0.4, 0.5) is 11.8 Å². The van der Waals surface area contributed by atoms with Gasteiger partial charge in [-0.15, -0.1) is 0 Å². The molecule has 2 aromatic rings. The highest BCUT2D eigenvalue weighted by atomic mass is 79.9. The maximum Gasteiger partial charge on any atom is 0.211 e. The molecule has 1 saturated heterocycles. The van der Waals surface area contributed by atoms with E-state index in [1.165, 1.54) is 7.11 Å². The van der Waals surface area contributed by atoms with Gasteiger partial charge in [0.25, 0.3) is 0 Å². The van der Waals surface area contributed by atoms with Crippen LogP contribution in [0.15, 0.2) is 17.0 Å². The van der Waals surface area contributed by atoms with Crippen LogP contribution in [0.1, 0.15) is 12.8 Å². The van der Waals surface area contributed by atoms with Crippen LogP contribution in [0, 0.1) is 5.92 Å². The van der Waals surface area contributed by atoms with Crippen molar-refractivity contribution in [2.75, 3.05) is 30.8 Å². The van der Waals surface area contributed by atoms with E-state index in [-0.39, 0.29) is 5.92 Å². The summed E-state index contributed by atoms with van der Waals surface area (Å²) in [6.07, 6.45) is 4.69. The van der Waals surface area contributed by atoms with E-state index in [1.54, 1.807) is 6.20 Å². The number of hydrogen-bond donors (Lipinski definition) is 2. The first kappa shape index (κ1) is 14.6. The number of rotatable bonds is 3. The molecule has 1 aliphatic rings. The molecule has 0 aromatic carbocycles. The SMILES string of the molecule is COC(O)[C@H]1CCCN(c2nc(Br)c3c(N)nccn23)C1. The summed E-state index contributed by atoms with van der Waals surface area (Å²) in [6, 6.07) is 0. The highest BCUT2D eigenvalue weighted by molar-refractivity contribution is 9.10. The number of hydrogen-bond acceptors (Lipinski definition) is 6. The molecule has 0 amide bonds. The van der Waals surface area contributed by atoms with E-state index >= 15 is 0 Å². The third kappa shape index (κ3) is 2.58. The van der Waals surface area contributed by atoms with Gasteiger partial charge in [-0.2, -0.15) is 0 Å². The fraction of sp³-hybridized carbons (Fsp3) is 0.538. The Morgan fingerprint density at radius 1 is 1.57 bits per heavy atom. The Balaban J connectivity index is 1.95. The monoisotopic (exact) mass is 355 g/mol. The minimum absolute atomic E-state index is 0.0778. The first-order valence-corrected chi connectivity index (χ1v) is 7.65. The van der Waals surface area contributed by atoms with Crippen molar-refractivity contribution in [3.63, 3.8) is 0 Å². The van der Waals surface area contributed by atoms with Crippen LogP contribution < -0.4 is 10.6 Å². The minimum atomic E-state index is -0.741. The molecule has 2 aromatic heterocycles. The number of halogens is 1. The summed E-state index contributed by atoms with van der Waals surface area (Å²) in [5, 5.41) is 9.89. The Morgan fingerprint density at radius 2 is 2.38 bits per heavy atom. The lowest BCUT2D eigenvalue weighted by molar-refractivity contribution is -0.114. The fourth-order valence-corrected chi connectivity index (χ4v) is 3.40.